The summed E-state index contributed by atoms with van der Waals surface area (Å²) in [6.45, 7) is 0. The van der Waals surface area contributed by atoms with Crippen LogP contribution in [0.5, 0.6) is 0 Å². The Morgan fingerprint density at radius 2 is 2.27 bits per heavy atom. The summed E-state index contributed by atoms with van der Waals surface area (Å²) >= 11 is 1.53. The lowest BCUT2D eigenvalue weighted by Gasteiger charge is -1.97. The van der Waals surface area contributed by atoms with Crippen molar-refractivity contribution in [2.24, 2.45) is 0 Å². The van der Waals surface area contributed by atoms with E-state index in [-0.39, 0.29) is 6.04 Å². The van der Waals surface area contributed by atoms with Crippen LogP contribution in [-0.2, 0) is 0 Å². The smallest absolute Gasteiger partial charge is 0.131 e. The third-order valence-corrected chi connectivity index (χ3v) is 2.59. The molecule has 1 aromatic carbocycles. The van der Waals surface area contributed by atoms with E-state index in [4.69, 9.17) is 5.26 Å². The van der Waals surface area contributed by atoms with Crippen LogP contribution in [0, 0.1) is 11.3 Å². The van der Waals surface area contributed by atoms with Crippen LogP contribution in [0.15, 0.2) is 29.2 Å². The molecule has 0 aliphatic carbocycles. The Labute approximate surface area is 69.4 Å². The van der Waals surface area contributed by atoms with Gasteiger partial charge in [0.05, 0.1) is 6.07 Å². The lowest BCUT2D eigenvalue weighted by Crippen LogP contribution is -2.03. The van der Waals surface area contributed by atoms with Gasteiger partial charge in [-0.2, -0.15) is 5.26 Å². The Bertz CT molecular complexity index is 316. The van der Waals surface area contributed by atoms with Crippen molar-refractivity contribution in [1.82, 2.24) is 4.72 Å². The first-order valence-corrected chi connectivity index (χ1v) is 4.14. The second-order valence-electron chi connectivity index (χ2n) is 2.32. The molecule has 0 amide bonds. The van der Waals surface area contributed by atoms with Gasteiger partial charge in [0, 0.05) is 4.90 Å². The fraction of sp³-hybridized carbons (Fsp3) is 0.125. The van der Waals surface area contributed by atoms with E-state index in [2.05, 4.69) is 10.8 Å². The lowest BCUT2D eigenvalue weighted by atomic mass is 10.1. The van der Waals surface area contributed by atoms with Gasteiger partial charge in [-0.3, -0.25) is 0 Å². The van der Waals surface area contributed by atoms with Crippen LogP contribution < -0.4 is 4.72 Å². The van der Waals surface area contributed by atoms with Crippen molar-refractivity contribution >= 4 is 11.9 Å². The van der Waals surface area contributed by atoms with E-state index in [0.717, 1.165) is 5.56 Å². The first kappa shape index (κ1) is 6.71. The van der Waals surface area contributed by atoms with E-state index in [1.54, 1.807) is 0 Å². The maximum Gasteiger partial charge on any atom is 0.131 e. The highest BCUT2D eigenvalue weighted by Gasteiger charge is 2.20. The van der Waals surface area contributed by atoms with Gasteiger partial charge in [0.15, 0.2) is 0 Å². The van der Waals surface area contributed by atoms with Gasteiger partial charge in [-0.1, -0.05) is 18.2 Å². The number of hydrogen-bond donors (Lipinski definition) is 1. The van der Waals surface area contributed by atoms with Gasteiger partial charge in [-0.15, -0.1) is 0 Å². The van der Waals surface area contributed by atoms with Crippen LogP contribution in [0.3, 0.4) is 0 Å². The summed E-state index contributed by atoms with van der Waals surface area (Å²) in [6.07, 6.45) is 0. The third kappa shape index (κ3) is 1.01. The Morgan fingerprint density at radius 3 is 3.09 bits per heavy atom. The molecular weight excluding hydrogens is 156 g/mol. The predicted molar refractivity (Wildman–Crippen MR) is 43.8 cm³/mol. The van der Waals surface area contributed by atoms with Crippen molar-refractivity contribution in [3.63, 3.8) is 0 Å². The van der Waals surface area contributed by atoms with Gasteiger partial charge >= 0.3 is 0 Å². The number of benzene rings is 1. The molecule has 0 aromatic heterocycles. The van der Waals surface area contributed by atoms with Crippen LogP contribution in [0.4, 0.5) is 0 Å². The summed E-state index contributed by atoms with van der Waals surface area (Å²) in [6, 6.07) is 9.99. The molecule has 0 fully saturated rings. The minimum Gasteiger partial charge on any atom is -0.239 e. The Hall–Kier alpha value is -0.980. The zero-order valence-electron chi connectivity index (χ0n) is 5.74. The van der Waals surface area contributed by atoms with Gasteiger partial charge < -0.3 is 0 Å². The number of nitriles is 1. The second kappa shape index (κ2) is 2.57. The Kier molecular flexibility index (Phi) is 1.57. The summed E-state index contributed by atoms with van der Waals surface area (Å²) in [7, 11) is 0. The van der Waals surface area contributed by atoms with Gasteiger partial charge in [0.25, 0.3) is 0 Å². The summed E-state index contributed by atoms with van der Waals surface area (Å²) < 4.78 is 3.03. The second-order valence-corrected chi connectivity index (χ2v) is 3.20. The normalized spacial score (nSPS) is 20.8. The molecule has 0 saturated carbocycles. The van der Waals surface area contributed by atoms with Crippen molar-refractivity contribution in [3.8, 4) is 6.07 Å². The highest BCUT2D eigenvalue weighted by atomic mass is 32.2. The van der Waals surface area contributed by atoms with E-state index in [0.29, 0.717) is 0 Å². The number of fused-ring (bicyclic) bond motifs is 1. The summed E-state index contributed by atoms with van der Waals surface area (Å²) in [5.74, 6) is 0. The molecule has 0 bridgehead atoms. The topological polar surface area (TPSA) is 35.8 Å². The highest BCUT2D eigenvalue weighted by molar-refractivity contribution is 7.97. The van der Waals surface area contributed by atoms with E-state index >= 15 is 0 Å². The van der Waals surface area contributed by atoms with Gasteiger partial charge in [-0.05, 0) is 23.6 Å². The third-order valence-electron chi connectivity index (χ3n) is 1.65. The fourth-order valence-corrected chi connectivity index (χ4v) is 1.97. The largest absolute Gasteiger partial charge is 0.239 e. The average Bonchev–Trinajstić information content (AvgIpc) is 2.47. The first-order chi connectivity index (χ1) is 5.42. The minimum absolute atomic E-state index is 0.129. The maximum atomic E-state index is 8.69. The molecule has 2 rings (SSSR count). The van der Waals surface area contributed by atoms with Gasteiger partial charge in [0.2, 0.25) is 0 Å². The maximum absolute atomic E-state index is 8.69. The van der Waals surface area contributed by atoms with Crippen molar-refractivity contribution in [1.29, 1.82) is 5.26 Å². The van der Waals surface area contributed by atoms with Crippen molar-refractivity contribution in [2.45, 2.75) is 10.9 Å². The van der Waals surface area contributed by atoms with Crippen LogP contribution >= 0.6 is 11.9 Å². The zero-order chi connectivity index (χ0) is 7.68. The van der Waals surface area contributed by atoms with Gasteiger partial charge in [0.1, 0.15) is 6.04 Å². The Morgan fingerprint density at radius 1 is 1.45 bits per heavy atom. The molecular formula is C8H6N2S. The van der Waals surface area contributed by atoms with Crippen LogP contribution in [0.1, 0.15) is 11.6 Å². The average molecular weight is 162 g/mol. The summed E-state index contributed by atoms with van der Waals surface area (Å²) in [5, 5.41) is 8.69. The lowest BCUT2D eigenvalue weighted by molar-refractivity contribution is 0.865. The van der Waals surface area contributed by atoms with Gasteiger partial charge in [-0.25, -0.2) is 4.72 Å². The summed E-state index contributed by atoms with van der Waals surface area (Å²) in [5.41, 5.74) is 1.10. The highest BCUT2D eigenvalue weighted by Crippen LogP contribution is 2.33. The molecule has 1 aromatic rings. The predicted octanol–water partition coefficient (Wildman–Crippen LogP) is 1.86. The molecule has 0 spiro atoms. The van der Waals surface area contributed by atoms with Crippen molar-refractivity contribution in [2.75, 3.05) is 0 Å². The van der Waals surface area contributed by atoms with Crippen molar-refractivity contribution < 1.29 is 0 Å². The van der Waals surface area contributed by atoms with E-state index in [1.165, 1.54) is 16.8 Å². The molecule has 0 saturated heterocycles. The molecule has 3 heteroatoms. The Balaban J connectivity index is 2.49. The van der Waals surface area contributed by atoms with Crippen LogP contribution in [0.25, 0.3) is 0 Å². The molecule has 2 nitrogen and oxygen atoms in total. The molecule has 1 unspecified atom stereocenters. The van der Waals surface area contributed by atoms with E-state index < -0.39 is 0 Å². The number of nitrogens with zero attached hydrogens (tertiary/aromatic N) is 1. The molecule has 1 aliphatic heterocycles. The zero-order valence-corrected chi connectivity index (χ0v) is 6.56. The molecule has 1 aliphatic rings. The van der Waals surface area contributed by atoms with E-state index in [1.807, 2.05) is 24.3 Å². The molecule has 54 valence electrons. The molecule has 1 atom stereocenters. The molecule has 1 heterocycles. The van der Waals surface area contributed by atoms with E-state index in [9.17, 15) is 0 Å². The minimum atomic E-state index is -0.129. The molecule has 1 N–H and O–H groups in total. The SMILES string of the molecule is N#CC1NSc2ccccc21. The first-order valence-electron chi connectivity index (χ1n) is 3.33. The monoisotopic (exact) mass is 162 g/mol. The number of rotatable bonds is 0. The standard InChI is InChI=1S/C8H6N2S/c9-5-7-6-3-1-2-4-8(6)11-10-7/h1-4,7,10H. The number of hydrogen-bond acceptors (Lipinski definition) is 3. The molecule has 0 radical (unpaired) electrons. The quantitative estimate of drug-likeness (QED) is 0.591. The van der Waals surface area contributed by atoms with Crippen LogP contribution in [0.2, 0.25) is 0 Å². The van der Waals surface area contributed by atoms with Crippen LogP contribution in [-0.4, -0.2) is 0 Å². The fourth-order valence-electron chi connectivity index (χ4n) is 1.09. The molecule has 11 heavy (non-hydrogen) atoms. The van der Waals surface area contributed by atoms with Crippen molar-refractivity contribution in [3.05, 3.63) is 29.8 Å². The summed E-state index contributed by atoms with van der Waals surface area (Å²) in [4.78, 5) is 1.17. The number of nitrogens with one attached hydrogen (secondary N) is 1.